The van der Waals surface area contributed by atoms with Crippen LogP contribution in [0.25, 0.3) is 0 Å². The summed E-state index contributed by atoms with van der Waals surface area (Å²) in [4.78, 5) is 5.11. The van der Waals surface area contributed by atoms with Crippen LogP contribution in [-0.4, -0.2) is 9.55 Å². The van der Waals surface area contributed by atoms with Gasteiger partial charge in [-0.05, 0) is 37.7 Å². The van der Waals surface area contributed by atoms with Crippen molar-refractivity contribution in [2.75, 3.05) is 0 Å². The Morgan fingerprint density at radius 1 is 0.528 bits per heavy atom. The number of hydrogen-bond acceptors (Lipinski definition) is 1. The summed E-state index contributed by atoms with van der Waals surface area (Å²) < 4.78 is 2.51. The van der Waals surface area contributed by atoms with Gasteiger partial charge in [-0.15, -0.1) is 0 Å². The summed E-state index contributed by atoms with van der Waals surface area (Å²) in [7, 11) is 0. The van der Waals surface area contributed by atoms with Crippen molar-refractivity contribution in [2.24, 2.45) is 0 Å². The third kappa shape index (κ3) is 14.9. The Morgan fingerprint density at radius 3 is 1.64 bits per heavy atom. The van der Waals surface area contributed by atoms with Crippen LogP contribution >= 0.6 is 0 Å². The molecule has 2 nitrogen and oxygen atoms in total. The van der Waals surface area contributed by atoms with Crippen molar-refractivity contribution in [2.45, 2.75) is 162 Å². The maximum atomic E-state index is 5.11. The molecule has 204 valence electrons. The molecule has 0 fully saturated rings. The van der Waals surface area contributed by atoms with Crippen molar-refractivity contribution in [1.29, 1.82) is 0 Å². The van der Waals surface area contributed by atoms with E-state index in [1.165, 1.54) is 139 Å². The minimum Gasteiger partial charge on any atom is -0.335 e. The Balaban J connectivity index is 1.67. The molecular weight excluding hydrogens is 436 g/mol. The molecule has 0 atom stereocenters. The Labute approximate surface area is 224 Å². The number of hydrogen-bond donors (Lipinski definition) is 0. The highest BCUT2D eigenvalue weighted by Gasteiger charge is 2.08. The van der Waals surface area contributed by atoms with Gasteiger partial charge in [0.25, 0.3) is 0 Å². The molecule has 0 bridgehead atoms. The van der Waals surface area contributed by atoms with Gasteiger partial charge in [0.2, 0.25) is 0 Å². The van der Waals surface area contributed by atoms with Crippen molar-refractivity contribution in [3.63, 3.8) is 0 Å². The maximum absolute atomic E-state index is 5.11. The van der Waals surface area contributed by atoms with E-state index < -0.39 is 0 Å². The van der Waals surface area contributed by atoms with E-state index in [-0.39, 0.29) is 0 Å². The standard InChI is InChI=1S/C34H58N2/c1-3-5-7-9-11-12-13-14-15-16-18-23-30-36-31-33(28-24-27-32-25-20-19-21-26-32)35-34(36)29-22-17-10-8-6-4-2/h19-21,25-26,31H,3-18,22-24,27-30H2,1-2H3. The molecule has 0 N–H and O–H groups in total. The smallest absolute Gasteiger partial charge is 0.108 e. The SMILES string of the molecule is CCCCCCCCCCCCCCn1cc(CCCc2ccccc2)nc1CCCCCCCC. The van der Waals surface area contributed by atoms with E-state index in [4.69, 9.17) is 4.98 Å². The second-order valence-corrected chi connectivity index (χ2v) is 11.1. The Kier molecular flexibility index (Phi) is 18.3. The van der Waals surface area contributed by atoms with E-state index in [2.05, 4.69) is 54.9 Å². The van der Waals surface area contributed by atoms with Gasteiger partial charge >= 0.3 is 0 Å². The number of unbranched alkanes of at least 4 members (excludes halogenated alkanes) is 16. The summed E-state index contributed by atoms with van der Waals surface area (Å²) in [6.45, 7) is 5.76. The van der Waals surface area contributed by atoms with Crippen molar-refractivity contribution in [3.05, 3.63) is 53.6 Å². The summed E-state index contributed by atoms with van der Waals surface area (Å²) in [6.07, 6.45) is 32.1. The Morgan fingerprint density at radius 2 is 1.06 bits per heavy atom. The molecule has 2 aromatic rings. The molecule has 0 aliphatic heterocycles. The molecule has 0 spiro atoms. The predicted molar refractivity (Wildman–Crippen MR) is 159 cm³/mol. The highest BCUT2D eigenvalue weighted by Crippen LogP contribution is 2.16. The molecule has 0 aliphatic carbocycles. The van der Waals surface area contributed by atoms with Gasteiger partial charge in [0.15, 0.2) is 0 Å². The fourth-order valence-electron chi connectivity index (χ4n) is 5.33. The van der Waals surface area contributed by atoms with Crippen molar-refractivity contribution < 1.29 is 0 Å². The lowest BCUT2D eigenvalue weighted by Crippen LogP contribution is -2.03. The number of benzene rings is 1. The van der Waals surface area contributed by atoms with E-state index in [0.29, 0.717) is 0 Å². The zero-order valence-corrected chi connectivity index (χ0v) is 24.1. The van der Waals surface area contributed by atoms with E-state index >= 15 is 0 Å². The number of aromatic nitrogens is 2. The molecule has 2 heteroatoms. The van der Waals surface area contributed by atoms with Crippen LogP contribution in [-0.2, 0) is 25.8 Å². The average molecular weight is 495 g/mol. The Hall–Kier alpha value is -1.57. The van der Waals surface area contributed by atoms with Crippen molar-refractivity contribution in [3.8, 4) is 0 Å². The van der Waals surface area contributed by atoms with Gasteiger partial charge in [0.05, 0.1) is 5.69 Å². The van der Waals surface area contributed by atoms with E-state index in [0.717, 1.165) is 25.8 Å². The summed E-state index contributed by atoms with van der Waals surface area (Å²) in [6, 6.07) is 10.9. The van der Waals surface area contributed by atoms with Crippen LogP contribution in [0, 0.1) is 0 Å². The first-order valence-corrected chi connectivity index (χ1v) is 15.9. The minimum absolute atomic E-state index is 1.10. The second kappa shape index (κ2) is 21.5. The van der Waals surface area contributed by atoms with Gasteiger partial charge in [-0.3, -0.25) is 0 Å². The molecule has 2 rings (SSSR count). The summed E-state index contributed by atoms with van der Waals surface area (Å²) in [5.41, 5.74) is 2.76. The third-order valence-corrected chi connectivity index (χ3v) is 7.66. The van der Waals surface area contributed by atoms with Crippen LogP contribution in [0.5, 0.6) is 0 Å². The highest BCUT2D eigenvalue weighted by atomic mass is 15.1. The second-order valence-electron chi connectivity index (χ2n) is 11.1. The lowest BCUT2D eigenvalue weighted by atomic mass is 10.1. The Bertz CT molecular complexity index is 733. The first-order chi connectivity index (χ1) is 17.8. The van der Waals surface area contributed by atoms with Crippen LogP contribution in [0.1, 0.15) is 153 Å². The van der Waals surface area contributed by atoms with E-state index in [1.54, 1.807) is 0 Å². The molecule has 0 unspecified atom stereocenters. The molecular formula is C34H58N2. The van der Waals surface area contributed by atoms with Gasteiger partial charge in [-0.1, -0.05) is 147 Å². The molecule has 0 radical (unpaired) electrons. The van der Waals surface area contributed by atoms with Crippen LogP contribution in [0.4, 0.5) is 0 Å². The zero-order chi connectivity index (χ0) is 25.5. The van der Waals surface area contributed by atoms with Crippen LogP contribution in [0.2, 0.25) is 0 Å². The van der Waals surface area contributed by atoms with Gasteiger partial charge in [-0.2, -0.15) is 0 Å². The van der Waals surface area contributed by atoms with Crippen LogP contribution in [0.15, 0.2) is 36.5 Å². The molecule has 1 heterocycles. The van der Waals surface area contributed by atoms with E-state index in [9.17, 15) is 0 Å². The molecule has 36 heavy (non-hydrogen) atoms. The van der Waals surface area contributed by atoms with Crippen LogP contribution < -0.4 is 0 Å². The van der Waals surface area contributed by atoms with E-state index in [1.807, 2.05) is 0 Å². The summed E-state index contributed by atoms with van der Waals surface area (Å²) in [5, 5.41) is 0. The normalized spacial score (nSPS) is 11.4. The molecule has 0 aliphatic rings. The fraction of sp³-hybridized carbons (Fsp3) is 0.735. The van der Waals surface area contributed by atoms with Gasteiger partial charge in [0.1, 0.15) is 5.82 Å². The monoisotopic (exact) mass is 494 g/mol. The summed E-state index contributed by atoms with van der Waals surface area (Å²) >= 11 is 0. The summed E-state index contributed by atoms with van der Waals surface area (Å²) in [5.74, 6) is 1.35. The molecule has 0 amide bonds. The largest absolute Gasteiger partial charge is 0.335 e. The predicted octanol–water partition coefficient (Wildman–Crippen LogP) is 10.7. The lowest BCUT2D eigenvalue weighted by molar-refractivity contribution is 0.519. The van der Waals surface area contributed by atoms with Crippen LogP contribution in [0.3, 0.4) is 0 Å². The third-order valence-electron chi connectivity index (χ3n) is 7.66. The van der Waals surface area contributed by atoms with Gasteiger partial charge in [-0.25, -0.2) is 4.98 Å². The zero-order valence-electron chi connectivity index (χ0n) is 24.1. The molecule has 0 saturated heterocycles. The first kappa shape index (κ1) is 30.7. The number of imidazole rings is 1. The van der Waals surface area contributed by atoms with Gasteiger partial charge < -0.3 is 4.57 Å². The molecule has 0 saturated carbocycles. The number of aryl methyl sites for hydroxylation is 4. The average Bonchev–Trinajstić information content (AvgIpc) is 3.29. The number of rotatable bonds is 24. The quantitative estimate of drug-likeness (QED) is 0.133. The topological polar surface area (TPSA) is 17.8 Å². The van der Waals surface area contributed by atoms with Gasteiger partial charge in [0, 0.05) is 19.2 Å². The fourth-order valence-corrected chi connectivity index (χ4v) is 5.33. The maximum Gasteiger partial charge on any atom is 0.108 e. The van der Waals surface area contributed by atoms with Crippen molar-refractivity contribution >= 4 is 0 Å². The first-order valence-electron chi connectivity index (χ1n) is 15.9. The highest BCUT2D eigenvalue weighted by molar-refractivity contribution is 5.15. The molecule has 1 aromatic heterocycles. The van der Waals surface area contributed by atoms with Crippen molar-refractivity contribution in [1.82, 2.24) is 9.55 Å². The molecule has 1 aromatic carbocycles. The minimum atomic E-state index is 1.10. The number of nitrogens with zero attached hydrogens (tertiary/aromatic N) is 2. The lowest BCUT2D eigenvalue weighted by Gasteiger charge is -2.08.